The molecule has 2 rings (SSSR count). The maximum Gasteiger partial charge on any atom is 0.268 e. The van der Waals surface area contributed by atoms with Crippen molar-refractivity contribution >= 4 is 17.5 Å². The Kier molecular flexibility index (Phi) is 2.96. The van der Waals surface area contributed by atoms with Crippen molar-refractivity contribution in [2.45, 2.75) is 25.3 Å². The van der Waals surface area contributed by atoms with Crippen LogP contribution in [-0.2, 0) is 9.59 Å². The molecule has 3 N–H and O–H groups in total. The molecule has 0 saturated carbocycles. The molecule has 6 nitrogen and oxygen atoms in total. The summed E-state index contributed by atoms with van der Waals surface area (Å²) in [7, 11) is 0. The van der Waals surface area contributed by atoms with Crippen molar-refractivity contribution in [2.75, 3.05) is 13.1 Å². The summed E-state index contributed by atoms with van der Waals surface area (Å²) in [6.45, 7) is 1.85. The Bertz CT molecular complexity index is 307. The Morgan fingerprint density at radius 2 is 2.13 bits per heavy atom. The third-order valence-electron chi connectivity index (χ3n) is 2.58. The van der Waals surface area contributed by atoms with Crippen LogP contribution in [-0.4, -0.2) is 36.7 Å². The van der Waals surface area contributed by atoms with Crippen molar-refractivity contribution in [1.82, 2.24) is 16.1 Å². The van der Waals surface area contributed by atoms with Gasteiger partial charge in [-0.1, -0.05) is 0 Å². The molecule has 0 unspecified atom stereocenters. The quantitative estimate of drug-likeness (QED) is 0.531. The van der Waals surface area contributed by atoms with Gasteiger partial charge >= 0.3 is 0 Å². The Hall–Kier alpha value is -1.43. The minimum Gasteiger partial charge on any atom is -0.348 e. The number of carbonyl (C=O) groups excluding carboxylic acids is 2. The fourth-order valence-corrected chi connectivity index (χ4v) is 1.73. The summed E-state index contributed by atoms with van der Waals surface area (Å²) in [6, 6.07) is 0.206. The maximum atomic E-state index is 11.6. The van der Waals surface area contributed by atoms with E-state index in [2.05, 4.69) is 21.2 Å². The predicted molar refractivity (Wildman–Crippen MR) is 54.2 cm³/mol. The molecule has 0 aromatic carbocycles. The molecule has 2 heterocycles. The third-order valence-corrected chi connectivity index (χ3v) is 2.58. The van der Waals surface area contributed by atoms with Crippen LogP contribution in [0, 0.1) is 0 Å². The van der Waals surface area contributed by atoms with Gasteiger partial charge in [-0.15, -0.1) is 0 Å². The number of hydrogen-bond acceptors (Lipinski definition) is 4. The lowest BCUT2D eigenvalue weighted by atomic mass is 10.1. The molecule has 0 aromatic heterocycles. The summed E-state index contributed by atoms with van der Waals surface area (Å²) in [5.41, 5.74) is 2.55. The second-order valence-corrected chi connectivity index (χ2v) is 3.77. The summed E-state index contributed by atoms with van der Waals surface area (Å²) in [5.74, 6) is -0.439. The van der Waals surface area contributed by atoms with Crippen LogP contribution in [0.1, 0.15) is 19.3 Å². The van der Waals surface area contributed by atoms with Gasteiger partial charge < -0.3 is 10.6 Å². The first-order valence-corrected chi connectivity index (χ1v) is 5.12. The summed E-state index contributed by atoms with van der Waals surface area (Å²) in [4.78, 5) is 22.4. The number of nitrogens with one attached hydrogen (secondary N) is 3. The highest BCUT2D eigenvalue weighted by molar-refractivity contribution is 6.43. The first kappa shape index (κ1) is 10.1. The lowest BCUT2D eigenvalue weighted by molar-refractivity contribution is -0.120. The van der Waals surface area contributed by atoms with Crippen molar-refractivity contribution in [3.05, 3.63) is 0 Å². The van der Waals surface area contributed by atoms with Gasteiger partial charge in [0.1, 0.15) is 5.71 Å². The number of piperidine rings is 1. The molecule has 0 aliphatic carbocycles. The largest absolute Gasteiger partial charge is 0.348 e. The molecule has 2 amide bonds. The van der Waals surface area contributed by atoms with E-state index >= 15 is 0 Å². The molecule has 15 heavy (non-hydrogen) atoms. The average molecular weight is 210 g/mol. The van der Waals surface area contributed by atoms with Gasteiger partial charge in [-0.05, 0) is 25.9 Å². The third kappa shape index (κ3) is 2.53. The number of carbonyl (C=O) groups is 2. The molecule has 0 atom stereocenters. The minimum absolute atomic E-state index is 0.0941. The van der Waals surface area contributed by atoms with Gasteiger partial charge in [-0.3, -0.25) is 9.59 Å². The molecule has 0 spiro atoms. The van der Waals surface area contributed by atoms with Crippen molar-refractivity contribution in [2.24, 2.45) is 5.10 Å². The van der Waals surface area contributed by atoms with Gasteiger partial charge in [0, 0.05) is 6.04 Å². The fraction of sp³-hybridized carbons (Fsp3) is 0.667. The van der Waals surface area contributed by atoms with Crippen LogP contribution in [0.15, 0.2) is 5.10 Å². The predicted octanol–water partition coefficient (Wildman–Crippen LogP) is -1.27. The van der Waals surface area contributed by atoms with Gasteiger partial charge in [0.25, 0.3) is 5.91 Å². The molecule has 82 valence electrons. The van der Waals surface area contributed by atoms with Crippen LogP contribution in [0.3, 0.4) is 0 Å². The van der Waals surface area contributed by atoms with Crippen LogP contribution >= 0.6 is 0 Å². The number of rotatable bonds is 2. The lowest BCUT2D eigenvalue weighted by Crippen LogP contribution is -2.44. The topological polar surface area (TPSA) is 82.6 Å². The van der Waals surface area contributed by atoms with E-state index in [1.807, 2.05) is 0 Å². The summed E-state index contributed by atoms with van der Waals surface area (Å²) in [5, 5.41) is 9.77. The molecular weight excluding hydrogens is 196 g/mol. The van der Waals surface area contributed by atoms with Crippen LogP contribution in [0.5, 0.6) is 0 Å². The standard InChI is InChI=1S/C9H14N4O2/c14-8-5-7(12-13-8)9(15)11-6-1-3-10-4-2-6/h6,10H,1-5H2,(H,11,15)(H,13,14). The van der Waals surface area contributed by atoms with Gasteiger partial charge in [0.05, 0.1) is 6.42 Å². The number of hydrogen-bond donors (Lipinski definition) is 3. The summed E-state index contributed by atoms with van der Waals surface area (Å²) in [6.07, 6.45) is 1.96. The van der Waals surface area contributed by atoms with Crippen LogP contribution < -0.4 is 16.1 Å². The molecule has 2 aliphatic heterocycles. The summed E-state index contributed by atoms with van der Waals surface area (Å²) >= 11 is 0. The van der Waals surface area contributed by atoms with E-state index < -0.39 is 0 Å². The van der Waals surface area contributed by atoms with Crippen LogP contribution in [0.4, 0.5) is 0 Å². The molecule has 1 fully saturated rings. The van der Waals surface area contributed by atoms with Gasteiger partial charge in [0.2, 0.25) is 5.91 Å². The van der Waals surface area contributed by atoms with Crippen molar-refractivity contribution in [1.29, 1.82) is 0 Å². The Balaban J connectivity index is 1.83. The van der Waals surface area contributed by atoms with Gasteiger partial charge in [-0.25, -0.2) is 5.43 Å². The fourth-order valence-electron chi connectivity index (χ4n) is 1.73. The van der Waals surface area contributed by atoms with Crippen molar-refractivity contribution < 1.29 is 9.59 Å². The highest BCUT2D eigenvalue weighted by Gasteiger charge is 2.24. The second-order valence-electron chi connectivity index (χ2n) is 3.77. The van der Waals surface area contributed by atoms with E-state index in [9.17, 15) is 9.59 Å². The highest BCUT2D eigenvalue weighted by atomic mass is 16.2. The van der Waals surface area contributed by atoms with Gasteiger partial charge in [-0.2, -0.15) is 5.10 Å². The zero-order valence-corrected chi connectivity index (χ0v) is 8.38. The molecular formula is C9H14N4O2. The van der Waals surface area contributed by atoms with E-state index in [0.29, 0.717) is 5.71 Å². The average Bonchev–Trinajstić information content (AvgIpc) is 2.66. The van der Waals surface area contributed by atoms with Crippen molar-refractivity contribution in [3.63, 3.8) is 0 Å². The first-order chi connectivity index (χ1) is 7.25. The van der Waals surface area contributed by atoms with Gasteiger partial charge in [0.15, 0.2) is 0 Å². The number of nitrogens with zero attached hydrogens (tertiary/aromatic N) is 1. The first-order valence-electron chi connectivity index (χ1n) is 5.12. The van der Waals surface area contributed by atoms with E-state index in [4.69, 9.17) is 0 Å². The van der Waals surface area contributed by atoms with Crippen LogP contribution in [0.2, 0.25) is 0 Å². The number of hydrazone groups is 1. The molecule has 6 heteroatoms. The zero-order valence-electron chi connectivity index (χ0n) is 8.38. The Morgan fingerprint density at radius 3 is 2.73 bits per heavy atom. The highest BCUT2D eigenvalue weighted by Crippen LogP contribution is 2.03. The Morgan fingerprint density at radius 1 is 1.40 bits per heavy atom. The SMILES string of the molecule is O=C1CC(C(=O)NC2CCNCC2)=NN1. The normalized spacial score (nSPS) is 22.1. The number of amides is 2. The zero-order chi connectivity index (χ0) is 10.7. The van der Waals surface area contributed by atoms with E-state index in [-0.39, 0.29) is 24.3 Å². The minimum atomic E-state index is -0.222. The van der Waals surface area contributed by atoms with E-state index in [0.717, 1.165) is 25.9 Å². The monoisotopic (exact) mass is 210 g/mol. The smallest absolute Gasteiger partial charge is 0.268 e. The molecule has 1 saturated heterocycles. The second kappa shape index (κ2) is 4.39. The van der Waals surface area contributed by atoms with Crippen molar-refractivity contribution in [3.8, 4) is 0 Å². The van der Waals surface area contributed by atoms with E-state index in [1.54, 1.807) is 0 Å². The van der Waals surface area contributed by atoms with Crippen LogP contribution in [0.25, 0.3) is 0 Å². The summed E-state index contributed by atoms with van der Waals surface area (Å²) < 4.78 is 0. The lowest BCUT2D eigenvalue weighted by Gasteiger charge is -2.23. The molecule has 2 aliphatic rings. The maximum absolute atomic E-state index is 11.6. The Labute approximate surface area is 87.5 Å². The molecule has 0 radical (unpaired) electrons. The molecule has 0 bridgehead atoms. The molecule has 0 aromatic rings. The van der Waals surface area contributed by atoms with E-state index in [1.165, 1.54) is 0 Å².